The number of hydrogen-bond donors (Lipinski definition) is 2. The van der Waals surface area contributed by atoms with Crippen LogP contribution in [0.2, 0.25) is 0 Å². The van der Waals surface area contributed by atoms with Gasteiger partial charge in [-0.25, -0.2) is 0 Å². The van der Waals surface area contributed by atoms with Crippen LogP contribution in [0.25, 0.3) is 6.08 Å². The second-order valence-corrected chi connectivity index (χ2v) is 6.40. The molecule has 0 bridgehead atoms. The molecule has 27 heavy (non-hydrogen) atoms. The van der Waals surface area contributed by atoms with Gasteiger partial charge in [0, 0.05) is 16.9 Å². The lowest BCUT2D eigenvalue weighted by Gasteiger charge is -2.14. The normalized spacial score (nSPS) is 17.6. The van der Waals surface area contributed by atoms with Gasteiger partial charge in [0.1, 0.15) is 0 Å². The summed E-state index contributed by atoms with van der Waals surface area (Å²) >= 11 is 0. The van der Waals surface area contributed by atoms with Crippen LogP contribution >= 0.6 is 0 Å². The smallest absolute Gasteiger partial charge is 0.207 e. The molecule has 0 fully saturated rings. The summed E-state index contributed by atoms with van der Waals surface area (Å²) in [6.07, 6.45) is 3.91. The van der Waals surface area contributed by atoms with Crippen LogP contribution in [0.5, 0.6) is 0 Å². The van der Waals surface area contributed by atoms with Gasteiger partial charge in [-0.2, -0.15) is 0 Å². The molecule has 4 rings (SSSR count). The Labute approximate surface area is 159 Å². The number of carbonyl (C=O) groups excluding carboxylic acids is 1. The average Bonchev–Trinajstić information content (AvgIpc) is 2.99. The summed E-state index contributed by atoms with van der Waals surface area (Å²) in [5, 5.41) is 6.70. The lowest BCUT2D eigenvalue weighted by molar-refractivity contribution is -0.111. The number of allylic oxidation sites excluding steroid dienone is 1. The van der Waals surface area contributed by atoms with Crippen molar-refractivity contribution >= 4 is 23.2 Å². The lowest BCUT2D eigenvalue weighted by atomic mass is 10.0. The number of rotatable bonds is 5. The SMILES string of the molecule is O=C1C(Nc2ccccc2)=CC(Nc2ccccc2)/C1=C\c1ccccc1. The molecule has 3 nitrogen and oxygen atoms in total. The number of hydrogen-bond acceptors (Lipinski definition) is 3. The number of ketones is 1. The number of anilines is 2. The van der Waals surface area contributed by atoms with Crippen LogP contribution in [-0.4, -0.2) is 11.8 Å². The first-order chi connectivity index (χ1) is 13.3. The summed E-state index contributed by atoms with van der Waals surface area (Å²) in [5.41, 5.74) is 4.21. The molecule has 2 N–H and O–H groups in total. The summed E-state index contributed by atoms with van der Waals surface area (Å²) in [4.78, 5) is 13.1. The van der Waals surface area contributed by atoms with Gasteiger partial charge in [0.05, 0.1) is 11.7 Å². The Morgan fingerprint density at radius 2 is 1.26 bits per heavy atom. The summed E-state index contributed by atoms with van der Waals surface area (Å²) in [6.45, 7) is 0. The summed E-state index contributed by atoms with van der Waals surface area (Å²) in [6, 6.07) is 29.4. The van der Waals surface area contributed by atoms with E-state index in [1.165, 1.54) is 0 Å². The van der Waals surface area contributed by atoms with E-state index in [1.54, 1.807) is 0 Å². The molecule has 0 heterocycles. The van der Waals surface area contributed by atoms with Crippen molar-refractivity contribution < 1.29 is 4.79 Å². The van der Waals surface area contributed by atoms with Crippen LogP contribution in [0.3, 0.4) is 0 Å². The van der Waals surface area contributed by atoms with E-state index in [0.717, 1.165) is 22.5 Å². The van der Waals surface area contributed by atoms with E-state index in [4.69, 9.17) is 0 Å². The monoisotopic (exact) mass is 352 g/mol. The van der Waals surface area contributed by atoms with Gasteiger partial charge in [-0.05, 0) is 42.0 Å². The van der Waals surface area contributed by atoms with Crippen molar-refractivity contribution in [1.29, 1.82) is 0 Å². The van der Waals surface area contributed by atoms with Crippen molar-refractivity contribution in [3.05, 3.63) is 114 Å². The summed E-state index contributed by atoms with van der Waals surface area (Å²) in [5.74, 6) is 0.0103. The largest absolute Gasteiger partial charge is 0.374 e. The topological polar surface area (TPSA) is 41.1 Å². The van der Waals surface area contributed by atoms with E-state index in [0.29, 0.717) is 5.70 Å². The highest BCUT2D eigenvalue weighted by atomic mass is 16.1. The maximum atomic E-state index is 13.1. The molecule has 1 unspecified atom stereocenters. The number of nitrogens with one attached hydrogen (secondary N) is 2. The molecule has 3 aromatic rings. The second-order valence-electron chi connectivity index (χ2n) is 6.40. The second kappa shape index (κ2) is 7.75. The minimum atomic E-state index is -0.189. The molecular weight excluding hydrogens is 332 g/mol. The van der Waals surface area contributed by atoms with Gasteiger partial charge in [0.15, 0.2) is 0 Å². The zero-order valence-corrected chi connectivity index (χ0v) is 14.8. The lowest BCUT2D eigenvalue weighted by Crippen LogP contribution is -2.19. The standard InChI is InChI=1S/C24H20N2O/c27-24-21(16-18-10-4-1-5-11-18)22(25-19-12-6-2-7-13-19)17-23(24)26-20-14-8-3-9-15-20/h1-17,22,25-26H/b21-16+. The molecule has 3 heteroatoms. The van der Waals surface area contributed by atoms with E-state index in [9.17, 15) is 4.79 Å². The average molecular weight is 352 g/mol. The third-order valence-electron chi connectivity index (χ3n) is 4.45. The first-order valence-corrected chi connectivity index (χ1v) is 8.96. The molecule has 0 saturated carbocycles. The van der Waals surface area contributed by atoms with Crippen LogP contribution in [0.4, 0.5) is 11.4 Å². The van der Waals surface area contributed by atoms with E-state index >= 15 is 0 Å². The van der Waals surface area contributed by atoms with Gasteiger partial charge in [0.2, 0.25) is 5.78 Å². The van der Waals surface area contributed by atoms with Crippen LogP contribution in [0.1, 0.15) is 5.56 Å². The molecular formula is C24H20N2O. The third kappa shape index (κ3) is 3.98. The molecule has 0 amide bonds. The van der Waals surface area contributed by atoms with E-state index < -0.39 is 0 Å². The molecule has 1 aliphatic rings. The van der Waals surface area contributed by atoms with Gasteiger partial charge < -0.3 is 10.6 Å². The quantitative estimate of drug-likeness (QED) is 0.626. The molecule has 3 aromatic carbocycles. The van der Waals surface area contributed by atoms with E-state index in [2.05, 4.69) is 10.6 Å². The fourth-order valence-electron chi connectivity index (χ4n) is 3.12. The van der Waals surface area contributed by atoms with Crippen molar-refractivity contribution in [3.8, 4) is 0 Å². The van der Waals surface area contributed by atoms with Gasteiger partial charge >= 0.3 is 0 Å². The Morgan fingerprint density at radius 3 is 1.89 bits per heavy atom. The first-order valence-electron chi connectivity index (χ1n) is 8.96. The van der Waals surface area contributed by atoms with Crippen LogP contribution in [-0.2, 0) is 4.79 Å². The highest BCUT2D eigenvalue weighted by Crippen LogP contribution is 2.27. The van der Waals surface area contributed by atoms with E-state index in [1.807, 2.05) is 103 Å². The van der Waals surface area contributed by atoms with Crippen molar-refractivity contribution in [1.82, 2.24) is 0 Å². The minimum absolute atomic E-state index is 0.0103. The van der Waals surface area contributed by atoms with Gasteiger partial charge in [0.25, 0.3) is 0 Å². The molecule has 0 spiro atoms. The molecule has 0 aliphatic heterocycles. The number of benzene rings is 3. The Kier molecular flexibility index (Phi) is 4.84. The third-order valence-corrected chi connectivity index (χ3v) is 4.45. The van der Waals surface area contributed by atoms with Crippen molar-refractivity contribution in [3.63, 3.8) is 0 Å². The van der Waals surface area contributed by atoms with Gasteiger partial charge in [-0.1, -0.05) is 66.7 Å². The Balaban J connectivity index is 1.66. The molecule has 132 valence electrons. The molecule has 0 aromatic heterocycles. The fourth-order valence-corrected chi connectivity index (χ4v) is 3.12. The van der Waals surface area contributed by atoms with Gasteiger partial charge in [-0.3, -0.25) is 4.79 Å². The van der Waals surface area contributed by atoms with E-state index in [-0.39, 0.29) is 11.8 Å². The maximum absolute atomic E-state index is 13.1. The highest BCUT2D eigenvalue weighted by molar-refractivity contribution is 6.16. The number of carbonyl (C=O) groups is 1. The van der Waals surface area contributed by atoms with Crippen molar-refractivity contribution in [2.24, 2.45) is 0 Å². The predicted molar refractivity (Wildman–Crippen MR) is 111 cm³/mol. The Hall–Kier alpha value is -3.59. The summed E-state index contributed by atoms with van der Waals surface area (Å²) < 4.78 is 0. The molecule has 1 aliphatic carbocycles. The first kappa shape index (κ1) is 16.9. The zero-order valence-electron chi connectivity index (χ0n) is 14.8. The van der Waals surface area contributed by atoms with Crippen molar-refractivity contribution in [2.75, 3.05) is 10.6 Å². The molecule has 0 saturated heterocycles. The Bertz CT molecular complexity index is 977. The molecule has 0 radical (unpaired) electrons. The minimum Gasteiger partial charge on any atom is -0.374 e. The van der Waals surface area contributed by atoms with Crippen LogP contribution in [0.15, 0.2) is 108 Å². The molecule has 1 atom stereocenters. The fraction of sp³-hybridized carbons (Fsp3) is 0.0417. The summed E-state index contributed by atoms with van der Waals surface area (Å²) in [7, 11) is 0. The van der Waals surface area contributed by atoms with Crippen LogP contribution in [0, 0.1) is 0 Å². The van der Waals surface area contributed by atoms with Crippen LogP contribution < -0.4 is 10.6 Å². The zero-order chi connectivity index (χ0) is 18.5. The number of para-hydroxylation sites is 2. The number of Topliss-reactive ketones (excluding diaryl/α,β-unsaturated/α-hetero) is 1. The van der Waals surface area contributed by atoms with Gasteiger partial charge in [-0.15, -0.1) is 0 Å². The van der Waals surface area contributed by atoms with Crippen molar-refractivity contribution in [2.45, 2.75) is 6.04 Å². The maximum Gasteiger partial charge on any atom is 0.207 e. The Morgan fingerprint density at radius 1 is 0.704 bits per heavy atom. The predicted octanol–water partition coefficient (Wildman–Crippen LogP) is 5.13. The highest BCUT2D eigenvalue weighted by Gasteiger charge is 2.30.